The Morgan fingerprint density at radius 1 is 1.13 bits per heavy atom. The highest BCUT2D eigenvalue weighted by molar-refractivity contribution is 7.14. The topological polar surface area (TPSA) is 91.0 Å². The van der Waals surface area contributed by atoms with Crippen LogP contribution in [0.5, 0.6) is 0 Å². The maximum Gasteiger partial charge on any atom is 0.250 e. The van der Waals surface area contributed by atoms with Crippen molar-refractivity contribution in [2.24, 2.45) is 0 Å². The number of hydrogen-bond acceptors (Lipinski definition) is 5. The highest BCUT2D eigenvalue weighted by atomic mass is 32.1. The number of nitrogens with one attached hydrogen (secondary N) is 2. The van der Waals surface area contributed by atoms with Gasteiger partial charge in [0.1, 0.15) is 5.82 Å². The number of aromatic amines is 1. The van der Waals surface area contributed by atoms with Crippen molar-refractivity contribution in [1.82, 2.24) is 15.0 Å². The Labute approximate surface area is 174 Å². The van der Waals surface area contributed by atoms with Crippen molar-refractivity contribution in [2.45, 2.75) is 6.92 Å². The predicted octanol–water partition coefficient (Wildman–Crippen LogP) is 4.50. The summed E-state index contributed by atoms with van der Waals surface area (Å²) in [6.07, 6.45) is 2.82. The Morgan fingerprint density at radius 3 is 2.67 bits per heavy atom. The molecule has 0 unspecified atom stereocenters. The number of anilines is 3. The van der Waals surface area contributed by atoms with E-state index < -0.39 is 5.82 Å². The number of amides is 2. The normalized spacial score (nSPS) is 11.1. The molecule has 0 saturated carbocycles. The smallest absolute Gasteiger partial charge is 0.250 e. The number of carbonyl (C=O) groups is 2. The van der Waals surface area contributed by atoms with E-state index in [1.807, 2.05) is 24.3 Å². The molecule has 2 aromatic carbocycles. The molecular weight excluding hydrogens is 405 g/mol. The molecule has 0 saturated heterocycles. The molecule has 2 aromatic heterocycles. The fraction of sp³-hybridized carbons (Fsp3) is 0.0476. The number of halogens is 1. The molecule has 0 aliphatic carbocycles. The summed E-state index contributed by atoms with van der Waals surface area (Å²) >= 11 is 1.17. The summed E-state index contributed by atoms with van der Waals surface area (Å²) in [5.74, 6) is -0.939. The zero-order valence-electron chi connectivity index (χ0n) is 15.8. The first-order valence-electron chi connectivity index (χ1n) is 8.96. The summed E-state index contributed by atoms with van der Waals surface area (Å²) < 4.78 is 14.1. The molecule has 9 heteroatoms. The average molecular weight is 421 g/mol. The van der Waals surface area contributed by atoms with E-state index in [4.69, 9.17) is 0 Å². The van der Waals surface area contributed by atoms with Gasteiger partial charge in [-0.3, -0.25) is 19.8 Å². The molecule has 2 amide bonds. The maximum absolute atomic E-state index is 14.1. The van der Waals surface area contributed by atoms with Crippen molar-refractivity contribution < 1.29 is 14.0 Å². The van der Waals surface area contributed by atoms with Crippen LogP contribution in [0, 0.1) is 5.82 Å². The number of aromatic nitrogens is 3. The molecule has 0 bridgehead atoms. The molecule has 7 nitrogen and oxygen atoms in total. The number of H-pyrrole nitrogens is 1. The highest BCUT2D eigenvalue weighted by Gasteiger charge is 2.20. The molecule has 0 atom stereocenters. The molecule has 2 N–H and O–H groups in total. The van der Waals surface area contributed by atoms with Crippen LogP contribution in [0.4, 0.5) is 21.2 Å². The number of nitrogens with zero attached hydrogens (tertiary/aromatic N) is 3. The summed E-state index contributed by atoms with van der Waals surface area (Å²) in [5.41, 5.74) is 2.16. The Kier molecular flexibility index (Phi) is 5.36. The molecule has 0 aliphatic heterocycles. The third-order valence-corrected chi connectivity index (χ3v) is 4.99. The standard InChI is InChI=1S/C21H16FN5O2S/c1-13(28)27(18-9-5-2-6-15(18)22)21-23-14(12-30-21)10-11-19(29)26-20-24-16-7-3-4-8-17(16)25-20/h2-12H,1H3,(H2,24,25,26,29). The third kappa shape index (κ3) is 4.11. The van der Waals surface area contributed by atoms with Gasteiger partial charge in [-0.05, 0) is 30.3 Å². The van der Waals surface area contributed by atoms with E-state index in [2.05, 4.69) is 20.3 Å². The number of hydrogen-bond donors (Lipinski definition) is 2. The van der Waals surface area contributed by atoms with Crippen molar-refractivity contribution in [3.63, 3.8) is 0 Å². The lowest BCUT2D eigenvalue weighted by atomic mass is 10.3. The fourth-order valence-electron chi connectivity index (χ4n) is 2.83. The second-order valence-corrected chi connectivity index (χ2v) is 7.12. The molecular formula is C21H16FN5O2S. The summed E-state index contributed by atoms with van der Waals surface area (Å²) in [7, 11) is 0. The van der Waals surface area contributed by atoms with Crippen LogP contribution < -0.4 is 10.2 Å². The lowest BCUT2D eigenvalue weighted by molar-refractivity contribution is -0.116. The van der Waals surface area contributed by atoms with Gasteiger partial charge in [-0.1, -0.05) is 24.3 Å². The van der Waals surface area contributed by atoms with Crippen LogP contribution in [-0.4, -0.2) is 26.8 Å². The van der Waals surface area contributed by atoms with E-state index >= 15 is 0 Å². The van der Waals surface area contributed by atoms with E-state index in [1.54, 1.807) is 17.5 Å². The van der Waals surface area contributed by atoms with Gasteiger partial charge in [0, 0.05) is 18.4 Å². The van der Waals surface area contributed by atoms with Gasteiger partial charge >= 0.3 is 0 Å². The minimum absolute atomic E-state index is 0.123. The van der Waals surface area contributed by atoms with Crippen molar-refractivity contribution in [3.05, 3.63) is 71.5 Å². The Morgan fingerprint density at radius 2 is 1.90 bits per heavy atom. The van der Waals surface area contributed by atoms with Crippen molar-refractivity contribution >= 4 is 57.0 Å². The molecule has 0 fully saturated rings. The summed E-state index contributed by atoms with van der Waals surface area (Å²) in [4.78, 5) is 37.1. The third-order valence-electron chi connectivity index (χ3n) is 4.15. The van der Waals surface area contributed by atoms with Crippen LogP contribution in [-0.2, 0) is 9.59 Å². The molecule has 0 aliphatic rings. The number of fused-ring (bicyclic) bond motifs is 1. The van der Waals surface area contributed by atoms with Crippen molar-refractivity contribution in [2.75, 3.05) is 10.2 Å². The number of benzene rings is 2. The van der Waals surface area contributed by atoms with Gasteiger partial charge in [-0.2, -0.15) is 0 Å². The van der Waals surface area contributed by atoms with E-state index in [1.165, 1.54) is 47.4 Å². The lowest BCUT2D eigenvalue weighted by Crippen LogP contribution is -2.23. The van der Waals surface area contributed by atoms with Crippen LogP contribution in [0.2, 0.25) is 0 Å². The summed E-state index contributed by atoms with van der Waals surface area (Å²) in [6.45, 7) is 1.34. The van der Waals surface area contributed by atoms with Crippen molar-refractivity contribution in [3.8, 4) is 0 Å². The predicted molar refractivity (Wildman–Crippen MR) is 115 cm³/mol. The molecule has 4 rings (SSSR count). The van der Waals surface area contributed by atoms with Gasteiger partial charge in [0.15, 0.2) is 5.13 Å². The Hall–Kier alpha value is -3.85. The second kappa shape index (κ2) is 8.26. The molecule has 4 aromatic rings. The lowest BCUT2D eigenvalue weighted by Gasteiger charge is -2.18. The maximum atomic E-state index is 14.1. The summed E-state index contributed by atoms with van der Waals surface area (Å²) in [5, 5.41) is 4.64. The average Bonchev–Trinajstić information content (AvgIpc) is 3.34. The van der Waals surface area contributed by atoms with E-state index in [0.717, 1.165) is 11.0 Å². The van der Waals surface area contributed by atoms with Crippen LogP contribution in [0.25, 0.3) is 17.1 Å². The first-order valence-corrected chi connectivity index (χ1v) is 9.84. The number of imidazole rings is 1. The zero-order valence-corrected chi connectivity index (χ0v) is 16.6. The van der Waals surface area contributed by atoms with Gasteiger partial charge in [-0.15, -0.1) is 11.3 Å². The fourth-order valence-corrected chi connectivity index (χ4v) is 3.68. The van der Waals surface area contributed by atoms with E-state index in [9.17, 15) is 14.0 Å². The highest BCUT2D eigenvalue weighted by Crippen LogP contribution is 2.31. The van der Waals surface area contributed by atoms with Gasteiger partial charge < -0.3 is 4.98 Å². The largest absolute Gasteiger partial charge is 0.324 e. The first kappa shape index (κ1) is 19.5. The molecule has 30 heavy (non-hydrogen) atoms. The van der Waals surface area contributed by atoms with Gasteiger partial charge in [0.05, 0.1) is 22.4 Å². The quantitative estimate of drug-likeness (QED) is 0.465. The molecule has 0 radical (unpaired) electrons. The van der Waals surface area contributed by atoms with Crippen LogP contribution in [0.1, 0.15) is 12.6 Å². The van der Waals surface area contributed by atoms with Gasteiger partial charge in [0.2, 0.25) is 11.9 Å². The molecule has 0 spiro atoms. The monoisotopic (exact) mass is 421 g/mol. The SMILES string of the molecule is CC(=O)N(c1nc(C=CC(=O)Nc2nc3ccccc3[nH]2)cs1)c1ccccc1F. The number of para-hydroxylation sites is 3. The first-order chi connectivity index (χ1) is 14.5. The molecule has 150 valence electrons. The second-order valence-electron chi connectivity index (χ2n) is 6.29. The van der Waals surface area contributed by atoms with Gasteiger partial charge in [0.25, 0.3) is 5.91 Å². The van der Waals surface area contributed by atoms with Crippen LogP contribution >= 0.6 is 11.3 Å². The van der Waals surface area contributed by atoms with E-state index in [-0.39, 0.29) is 17.5 Å². The van der Waals surface area contributed by atoms with Crippen LogP contribution in [0.15, 0.2) is 60.0 Å². The Bertz CT molecular complexity index is 1230. The zero-order chi connectivity index (χ0) is 21.1. The van der Waals surface area contributed by atoms with E-state index in [0.29, 0.717) is 16.8 Å². The van der Waals surface area contributed by atoms with Crippen molar-refractivity contribution in [1.29, 1.82) is 0 Å². The van der Waals surface area contributed by atoms with Gasteiger partial charge in [-0.25, -0.2) is 14.4 Å². The number of rotatable bonds is 5. The Balaban J connectivity index is 1.49. The molecule has 2 heterocycles. The number of thiazole rings is 1. The van der Waals surface area contributed by atoms with Crippen LogP contribution in [0.3, 0.4) is 0 Å². The number of carbonyl (C=O) groups excluding carboxylic acids is 2. The minimum atomic E-state index is -0.523. The minimum Gasteiger partial charge on any atom is -0.324 e. The summed E-state index contributed by atoms with van der Waals surface area (Å²) in [6, 6.07) is 13.4.